The molecule has 0 radical (unpaired) electrons. The predicted molar refractivity (Wildman–Crippen MR) is 142 cm³/mol. The minimum atomic E-state index is -0.632. The van der Waals surface area contributed by atoms with Crippen LogP contribution in [0.5, 0.6) is 0 Å². The molecule has 2 atom stereocenters. The number of anilines is 1. The van der Waals surface area contributed by atoms with Crippen LogP contribution in [-0.4, -0.2) is 52.0 Å². The number of carbonyl (C=O) groups is 2. The number of benzene rings is 2. The molecule has 1 aliphatic heterocycles. The summed E-state index contributed by atoms with van der Waals surface area (Å²) in [5.41, 5.74) is 2.70. The molecule has 4 rings (SSSR count). The number of amides is 1. The van der Waals surface area contributed by atoms with Gasteiger partial charge in [0.25, 0.3) is 0 Å². The van der Waals surface area contributed by atoms with E-state index in [4.69, 9.17) is 4.74 Å². The number of aromatic nitrogens is 3. The molecule has 2 aromatic carbocycles. The van der Waals surface area contributed by atoms with Gasteiger partial charge in [0.15, 0.2) is 0 Å². The highest BCUT2D eigenvalue weighted by atomic mass is 16.5. The summed E-state index contributed by atoms with van der Waals surface area (Å²) in [5, 5.41) is 7.08. The first-order valence-electron chi connectivity index (χ1n) is 12.9. The first-order valence-corrected chi connectivity index (χ1v) is 12.9. The van der Waals surface area contributed by atoms with Crippen molar-refractivity contribution in [1.82, 2.24) is 19.7 Å². The lowest BCUT2D eigenvalue weighted by molar-refractivity contribution is -0.147. The maximum atomic E-state index is 13.0. The fraction of sp³-hybridized carbons (Fsp3) is 0.429. The van der Waals surface area contributed by atoms with Gasteiger partial charge in [-0.2, -0.15) is 5.10 Å². The summed E-state index contributed by atoms with van der Waals surface area (Å²) in [7, 11) is 0. The van der Waals surface area contributed by atoms with Crippen LogP contribution >= 0.6 is 0 Å². The van der Waals surface area contributed by atoms with E-state index in [1.54, 1.807) is 24.7 Å². The van der Waals surface area contributed by atoms with E-state index in [0.717, 1.165) is 42.9 Å². The van der Waals surface area contributed by atoms with Crippen molar-refractivity contribution < 1.29 is 14.3 Å². The van der Waals surface area contributed by atoms with Crippen LogP contribution in [0.4, 0.5) is 5.69 Å². The standard InChI is InChI=1S/C28H35N5O4/c1-4-37-27(35)20(2)30-26(34)18-22-14-16-31(17-15-22)24-10-12-25(13-11-24)32-19-29-33(28(32)36)21(3)23-8-6-5-7-9-23/h5-13,19-22H,4,14-18H2,1-3H3,(H,30,34)/t20-,21?/m1/s1. The minimum absolute atomic E-state index is 0.115. The average Bonchev–Trinajstić information content (AvgIpc) is 3.30. The third-order valence-corrected chi connectivity index (χ3v) is 6.94. The Kier molecular flexibility index (Phi) is 8.43. The van der Waals surface area contributed by atoms with Gasteiger partial charge in [0.05, 0.1) is 18.3 Å². The van der Waals surface area contributed by atoms with Gasteiger partial charge in [0.1, 0.15) is 12.4 Å². The number of nitrogens with zero attached hydrogens (tertiary/aromatic N) is 4. The molecule has 1 aliphatic rings. The maximum Gasteiger partial charge on any atom is 0.350 e. The molecule has 0 bridgehead atoms. The van der Waals surface area contributed by atoms with Crippen LogP contribution in [0, 0.1) is 5.92 Å². The molecule has 1 N–H and O–H groups in total. The molecule has 3 aromatic rings. The molecule has 9 nitrogen and oxygen atoms in total. The molecule has 196 valence electrons. The van der Waals surface area contributed by atoms with Crippen molar-refractivity contribution >= 4 is 17.6 Å². The zero-order valence-electron chi connectivity index (χ0n) is 21.7. The molecule has 0 aliphatic carbocycles. The van der Waals surface area contributed by atoms with Crippen LogP contribution in [0.3, 0.4) is 0 Å². The van der Waals surface area contributed by atoms with Gasteiger partial charge in [-0.05, 0) is 69.4 Å². The van der Waals surface area contributed by atoms with E-state index in [1.165, 1.54) is 4.68 Å². The monoisotopic (exact) mass is 505 g/mol. The number of hydrogen-bond acceptors (Lipinski definition) is 6. The molecule has 9 heteroatoms. The fourth-order valence-electron chi connectivity index (χ4n) is 4.74. The van der Waals surface area contributed by atoms with Crippen LogP contribution in [0.25, 0.3) is 5.69 Å². The van der Waals surface area contributed by atoms with Crippen LogP contribution in [0.1, 0.15) is 51.6 Å². The summed E-state index contributed by atoms with van der Waals surface area (Å²) in [6, 6.07) is 17.0. The first kappa shape index (κ1) is 26.2. The Hall–Kier alpha value is -3.88. The average molecular weight is 506 g/mol. The SMILES string of the molecule is CCOC(=O)[C@@H](C)NC(=O)CC1CCN(c2ccc(-n3cnn(C(C)c4ccccc4)c3=O)cc2)CC1. The summed E-state index contributed by atoms with van der Waals surface area (Å²) in [4.78, 5) is 39.4. The summed E-state index contributed by atoms with van der Waals surface area (Å²) in [5.74, 6) is -0.244. The van der Waals surface area contributed by atoms with E-state index >= 15 is 0 Å². The Labute approximate surface area is 217 Å². The van der Waals surface area contributed by atoms with Gasteiger partial charge >= 0.3 is 11.7 Å². The highest BCUT2D eigenvalue weighted by molar-refractivity contribution is 5.84. The van der Waals surface area contributed by atoms with Gasteiger partial charge in [-0.15, -0.1) is 0 Å². The van der Waals surface area contributed by atoms with Crippen molar-refractivity contribution in [2.24, 2.45) is 5.92 Å². The van der Waals surface area contributed by atoms with Gasteiger partial charge in [0, 0.05) is 25.2 Å². The van der Waals surface area contributed by atoms with E-state index in [1.807, 2.05) is 61.5 Å². The van der Waals surface area contributed by atoms with E-state index < -0.39 is 12.0 Å². The number of nitrogens with one attached hydrogen (secondary N) is 1. The molecule has 1 unspecified atom stereocenters. The topological polar surface area (TPSA) is 98.5 Å². The van der Waals surface area contributed by atoms with Crippen molar-refractivity contribution in [2.45, 2.75) is 52.1 Å². The second-order valence-corrected chi connectivity index (χ2v) is 9.51. The predicted octanol–water partition coefficient (Wildman–Crippen LogP) is 3.32. The Bertz CT molecular complexity index is 1240. The van der Waals surface area contributed by atoms with Crippen LogP contribution in [-0.2, 0) is 14.3 Å². The van der Waals surface area contributed by atoms with Crippen LogP contribution in [0.15, 0.2) is 65.7 Å². The van der Waals surface area contributed by atoms with Gasteiger partial charge in [-0.1, -0.05) is 30.3 Å². The zero-order valence-corrected chi connectivity index (χ0v) is 21.7. The molecular formula is C28H35N5O4. The van der Waals surface area contributed by atoms with Gasteiger partial charge in [0.2, 0.25) is 5.91 Å². The highest BCUT2D eigenvalue weighted by Gasteiger charge is 2.24. The lowest BCUT2D eigenvalue weighted by Crippen LogP contribution is -2.41. The number of hydrogen-bond donors (Lipinski definition) is 1. The number of ether oxygens (including phenoxy) is 1. The Morgan fingerprint density at radius 3 is 2.32 bits per heavy atom. The smallest absolute Gasteiger partial charge is 0.350 e. The third kappa shape index (κ3) is 6.28. The summed E-state index contributed by atoms with van der Waals surface area (Å²) < 4.78 is 8.01. The number of piperidine rings is 1. The molecule has 1 aromatic heterocycles. The third-order valence-electron chi connectivity index (χ3n) is 6.94. The largest absolute Gasteiger partial charge is 0.464 e. The lowest BCUT2D eigenvalue weighted by atomic mass is 9.92. The maximum absolute atomic E-state index is 13.0. The number of rotatable bonds is 9. The fourth-order valence-corrected chi connectivity index (χ4v) is 4.74. The van der Waals surface area contributed by atoms with Gasteiger partial charge in [-0.3, -0.25) is 4.79 Å². The van der Waals surface area contributed by atoms with Crippen molar-refractivity contribution in [3.05, 3.63) is 77.0 Å². The molecule has 0 saturated carbocycles. The molecule has 1 amide bonds. The normalized spacial score (nSPS) is 15.7. The van der Waals surface area contributed by atoms with Gasteiger partial charge < -0.3 is 15.0 Å². The summed E-state index contributed by atoms with van der Waals surface area (Å²) in [6.07, 6.45) is 3.76. The van der Waals surface area contributed by atoms with Crippen molar-refractivity contribution in [2.75, 3.05) is 24.6 Å². The second kappa shape index (κ2) is 11.9. The van der Waals surface area contributed by atoms with Crippen LogP contribution < -0.4 is 15.9 Å². The lowest BCUT2D eigenvalue weighted by Gasteiger charge is -2.33. The Morgan fingerprint density at radius 1 is 1.03 bits per heavy atom. The summed E-state index contributed by atoms with van der Waals surface area (Å²) in [6.45, 7) is 7.34. The van der Waals surface area contributed by atoms with Gasteiger partial charge in [-0.25, -0.2) is 18.8 Å². The van der Waals surface area contributed by atoms with Crippen molar-refractivity contribution in [1.29, 1.82) is 0 Å². The number of esters is 1. The van der Waals surface area contributed by atoms with E-state index in [9.17, 15) is 14.4 Å². The zero-order chi connectivity index (χ0) is 26.4. The Morgan fingerprint density at radius 2 is 1.68 bits per heavy atom. The van der Waals surface area contributed by atoms with Crippen molar-refractivity contribution in [3.8, 4) is 5.69 Å². The highest BCUT2D eigenvalue weighted by Crippen LogP contribution is 2.26. The van der Waals surface area contributed by atoms with Crippen molar-refractivity contribution in [3.63, 3.8) is 0 Å². The minimum Gasteiger partial charge on any atom is -0.464 e. The molecule has 37 heavy (non-hydrogen) atoms. The molecule has 2 heterocycles. The second-order valence-electron chi connectivity index (χ2n) is 9.51. The van der Waals surface area contributed by atoms with E-state index in [0.29, 0.717) is 13.0 Å². The molecular weight excluding hydrogens is 470 g/mol. The Balaban J connectivity index is 1.32. The van der Waals surface area contributed by atoms with E-state index in [2.05, 4.69) is 15.3 Å². The molecule has 1 saturated heterocycles. The summed E-state index contributed by atoms with van der Waals surface area (Å²) >= 11 is 0. The quantitative estimate of drug-likeness (QED) is 0.448. The molecule has 0 spiro atoms. The van der Waals surface area contributed by atoms with Crippen LogP contribution in [0.2, 0.25) is 0 Å². The van der Waals surface area contributed by atoms with E-state index in [-0.39, 0.29) is 23.6 Å². The number of carbonyl (C=O) groups excluding carboxylic acids is 2. The molecule has 1 fully saturated rings. The first-order chi connectivity index (χ1) is 17.9.